The number of amides is 1. The molecule has 3 nitrogen and oxygen atoms in total. The molecule has 1 amide bonds. The molecule has 0 radical (unpaired) electrons. The summed E-state index contributed by atoms with van der Waals surface area (Å²) in [6, 6.07) is 20.4. The number of carbonyl (C=O) groups excluding carboxylic acids is 1. The molecule has 3 unspecified atom stereocenters. The minimum Gasteiger partial charge on any atom is -0.351 e. The monoisotopic (exact) mass is 438 g/mol. The smallest absolute Gasteiger partial charge is 0.251 e. The van der Waals surface area contributed by atoms with Crippen molar-refractivity contribution in [3.63, 3.8) is 0 Å². The minimum absolute atomic E-state index is 0.107. The normalized spacial score (nSPS) is 23.2. The molecular formula is C25H24Cl2N2O. The van der Waals surface area contributed by atoms with Crippen LogP contribution in [0.1, 0.15) is 28.3 Å². The zero-order chi connectivity index (χ0) is 20.7. The van der Waals surface area contributed by atoms with Gasteiger partial charge in [0.1, 0.15) is 0 Å². The Morgan fingerprint density at radius 2 is 1.83 bits per heavy atom. The van der Waals surface area contributed by atoms with E-state index in [1.54, 1.807) is 18.2 Å². The average molecular weight is 439 g/mol. The van der Waals surface area contributed by atoms with Crippen molar-refractivity contribution in [2.24, 2.45) is 11.8 Å². The molecular weight excluding hydrogens is 415 g/mol. The standard InChI is InChI=1S/C25H24Cl2N2O/c26-23-9-8-17(13-24(23)27)25(30)28-10-11-29-14-18-12-21(22(18)15-29)20-7-3-5-16-4-1-2-6-19(16)20/h1-9,13,18,21-22H,10-12,14-15H2,(H,28,30). The van der Waals surface area contributed by atoms with Crippen LogP contribution in [0.3, 0.4) is 0 Å². The van der Waals surface area contributed by atoms with E-state index in [4.69, 9.17) is 23.2 Å². The van der Waals surface area contributed by atoms with Crippen LogP contribution in [-0.4, -0.2) is 37.0 Å². The first-order valence-corrected chi connectivity index (χ1v) is 11.3. The quantitative estimate of drug-likeness (QED) is 0.560. The third kappa shape index (κ3) is 3.71. The van der Waals surface area contributed by atoms with E-state index >= 15 is 0 Å². The minimum atomic E-state index is -0.107. The van der Waals surface area contributed by atoms with E-state index in [2.05, 4.69) is 52.7 Å². The van der Waals surface area contributed by atoms with E-state index in [0.29, 0.717) is 28.1 Å². The van der Waals surface area contributed by atoms with Crippen LogP contribution in [-0.2, 0) is 0 Å². The van der Waals surface area contributed by atoms with E-state index in [-0.39, 0.29) is 5.91 Å². The molecule has 154 valence electrons. The summed E-state index contributed by atoms with van der Waals surface area (Å²) in [6.07, 6.45) is 1.27. The Morgan fingerprint density at radius 3 is 2.70 bits per heavy atom. The van der Waals surface area contributed by atoms with Crippen LogP contribution < -0.4 is 5.32 Å². The Morgan fingerprint density at radius 1 is 1.00 bits per heavy atom. The number of nitrogens with zero attached hydrogens (tertiary/aromatic N) is 1. The zero-order valence-electron chi connectivity index (χ0n) is 16.7. The van der Waals surface area contributed by atoms with E-state index in [9.17, 15) is 4.79 Å². The number of nitrogens with one attached hydrogen (secondary N) is 1. The van der Waals surface area contributed by atoms with Crippen LogP contribution in [0.2, 0.25) is 10.0 Å². The Bertz CT molecular complexity index is 1090. The van der Waals surface area contributed by atoms with Crippen molar-refractivity contribution in [1.82, 2.24) is 10.2 Å². The van der Waals surface area contributed by atoms with Crippen LogP contribution in [0, 0.1) is 11.8 Å². The number of halogens is 2. The second-order valence-corrected chi connectivity index (χ2v) is 9.29. The molecule has 1 N–H and O–H groups in total. The Balaban J connectivity index is 1.17. The van der Waals surface area contributed by atoms with Gasteiger partial charge >= 0.3 is 0 Å². The van der Waals surface area contributed by atoms with Gasteiger partial charge in [-0.1, -0.05) is 65.7 Å². The highest BCUT2D eigenvalue weighted by Gasteiger charge is 2.47. The van der Waals surface area contributed by atoms with Crippen molar-refractivity contribution >= 4 is 39.9 Å². The molecule has 2 aliphatic rings. The summed E-state index contributed by atoms with van der Waals surface area (Å²) in [5.74, 6) is 2.04. The average Bonchev–Trinajstić information content (AvgIpc) is 3.06. The van der Waals surface area contributed by atoms with Crippen LogP contribution >= 0.6 is 23.2 Å². The predicted octanol–water partition coefficient (Wildman–Crippen LogP) is 5.61. The molecule has 30 heavy (non-hydrogen) atoms. The van der Waals surface area contributed by atoms with Gasteiger partial charge in [-0.2, -0.15) is 0 Å². The lowest BCUT2D eigenvalue weighted by atomic mass is 9.63. The number of benzene rings is 3. The Kier molecular flexibility index (Phi) is 5.44. The van der Waals surface area contributed by atoms with Crippen LogP contribution in [0.15, 0.2) is 60.7 Å². The number of carbonyl (C=O) groups is 1. The van der Waals surface area contributed by atoms with E-state index in [0.717, 1.165) is 31.5 Å². The highest BCUT2D eigenvalue weighted by molar-refractivity contribution is 6.42. The fourth-order valence-corrected chi connectivity index (χ4v) is 5.48. The highest BCUT2D eigenvalue weighted by atomic mass is 35.5. The number of rotatable bonds is 5. The molecule has 1 heterocycles. The zero-order valence-corrected chi connectivity index (χ0v) is 18.2. The summed E-state index contributed by atoms with van der Waals surface area (Å²) in [5.41, 5.74) is 2.05. The predicted molar refractivity (Wildman–Crippen MR) is 124 cm³/mol. The first kappa shape index (κ1) is 19.9. The Hall–Kier alpha value is -2.07. The SMILES string of the molecule is O=C(NCCN1CC2CC(c3cccc4ccccc34)C2C1)c1ccc(Cl)c(Cl)c1. The molecule has 5 rings (SSSR count). The van der Waals surface area contributed by atoms with Gasteiger partial charge in [0.05, 0.1) is 10.0 Å². The maximum Gasteiger partial charge on any atom is 0.251 e. The lowest BCUT2D eigenvalue weighted by molar-refractivity contribution is 0.0949. The third-order valence-corrected chi connectivity index (χ3v) is 7.50. The van der Waals surface area contributed by atoms with Crippen molar-refractivity contribution in [3.8, 4) is 0 Å². The van der Waals surface area contributed by atoms with Crippen molar-refractivity contribution < 1.29 is 4.79 Å². The Labute approximate surface area is 187 Å². The molecule has 1 aliphatic heterocycles. The van der Waals surface area contributed by atoms with Gasteiger partial charge < -0.3 is 10.2 Å². The van der Waals surface area contributed by atoms with Gasteiger partial charge in [-0.05, 0) is 58.7 Å². The first-order chi connectivity index (χ1) is 14.6. The molecule has 5 heteroatoms. The second kappa shape index (κ2) is 8.22. The van der Waals surface area contributed by atoms with Crippen molar-refractivity contribution in [2.75, 3.05) is 26.2 Å². The molecule has 0 bridgehead atoms. The number of hydrogen-bond donors (Lipinski definition) is 1. The fourth-order valence-electron chi connectivity index (χ4n) is 5.18. The largest absolute Gasteiger partial charge is 0.351 e. The van der Waals surface area contributed by atoms with Gasteiger partial charge in [0, 0.05) is 31.7 Å². The van der Waals surface area contributed by atoms with Gasteiger partial charge in [0.15, 0.2) is 0 Å². The highest BCUT2D eigenvalue weighted by Crippen LogP contribution is 2.52. The molecule has 1 saturated heterocycles. The van der Waals surface area contributed by atoms with Crippen LogP contribution in [0.25, 0.3) is 10.8 Å². The number of likely N-dealkylation sites (tertiary alicyclic amines) is 1. The van der Waals surface area contributed by atoms with Crippen molar-refractivity contribution in [2.45, 2.75) is 12.3 Å². The molecule has 1 aliphatic carbocycles. The summed E-state index contributed by atoms with van der Waals surface area (Å²) in [7, 11) is 0. The van der Waals surface area contributed by atoms with Gasteiger partial charge in [0.25, 0.3) is 5.91 Å². The summed E-state index contributed by atoms with van der Waals surface area (Å²) >= 11 is 11.9. The molecule has 3 atom stereocenters. The summed E-state index contributed by atoms with van der Waals surface area (Å²) in [4.78, 5) is 14.8. The number of hydrogen-bond acceptors (Lipinski definition) is 2. The van der Waals surface area contributed by atoms with Crippen molar-refractivity contribution in [1.29, 1.82) is 0 Å². The second-order valence-electron chi connectivity index (χ2n) is 8.48. The first-order valence-electron chi connectivity index (χ1n) is 10.5. The lowest BCUT2D eigenvalue weighted by Crippen LogP contribution is -2.34. The molecule has 0 spiro atoms. The topological polar surface area (TPSA) is 32.3 Å². The molecule has 2 fully saturated rings. The lowest BCUT2D eigenvalue weighted by Gasteiger charge is -2.40. The summed E-state index contributed by atoms with van der Waals surface area (Å²) in [5, 5.41) is 6.60. The molecule has 0 aromatic heterocycles. The van der Waals surface area contributed by atoms with Gasteiger partial charge in [-0.15, -0.1) is 0 Å². The van der Waals surface area contributed by atoms with E-state index < -0.39 is 0 Å². The van der Waals surface area contributed by atoms with Gasteiger partial charge in [0.2, 0.25) is 0 Å². The van der Waals surface area contributed by atoms with Crippen LogP contribution in [0.5, 0.6) is 0 Å². The molecule has 3 aromatic carbocycles. The maximum absolute atomic E-state index is 12.4. The maximum atomic E-state index is 12.4. The molecule has 3 aromatic rings. The summed E-state index contributed by atoms with van der Waals surface area (Å²) in [6.45, 7) is 3.76. The fraction of sp³-hybridized carbons (Fsp3) is 0.320. The van der Waals surface area contributed by atoms with E-state index in [1.807, 2.05) is 0 Å². The molecule has 1 saturated carbocycles. The van der Waals surface area contributed by atoms with Gasteiger partial charge in [-0.25, -0.2) is 0 Å². The van der Waals surface area contributed by atoms with Gasteiger partial charge in [-0.3, -0.25) is 4.79 Å². The van der Waals surface area contributed by atoms with E-state index in [1.165, 1.54) is 22.8 Å². The summed E-state index contributed by atoms with van der Waals surface area (Å²) < 4.78 is 0. The van der Waals surface area contributed by atoms with Crippen LogP contribution in [0.4, 0.5) is 0 Å². The number of fused-ring (bicyclic) bond motifs is 2. The van der Waals surface area contributed by atoms with Crippen molar-refractivity contribution in [3.05, 3.63) is 81.8 Å². The third-order valence-electron chi connectivity index (χ3n) is 6.76.